The maximum Gasteiger partial charge on any atom is 3.00 e. The molecule has 0 aliphatic carbocycles. The molecule has 89 valence electrons. The Labute approximate surface area is 125 Å². The zero-order valence-corrected chi connectivity index (χ0v) is 11.9. The van der Waals surface area contributed by atoms with Gasteiger partial charge in [-0.05, 0) is 0 Å². The van der Waals surface area contributed by atoms with Gasteiger partial charge in [0, 0.05) is 0 Å². The molecular weight excluding hydrogens is 252 g/mol. The van der Waals surface area contributed by atoms with Crippen LogP contribution in [0, 0.1) is 6.92 Å². The van der Waals surface area contributed by atoms with Gasteiger partial charge in [0.25, 0.3) is 0 Å². The smallest absolute Gasteiger partial charge is 0.214 e. The molecule has 0 aliphatic heterocycles. The molecule has 3 rings (SSSR count). The standard InChI is InChI=1S/C7H7.2C5H5.Ti/c1-7-5-3-2-4-6-7;2*1-2-4-5-3-1;/h2-6H,1H2;2*1-5H;/q3*-1;+3. The van der Waals surface area contributed by atoms with E-state index in [1.807, 2.05) is 91.0 Å². The summed E-state index contributed by atoms with van der Waals surface area (Å²) in [6.07, 6.45) is 0. The molecule has 3 aromatic rings. The molecule has 0 amide bonds. The Morgan fingerprint density at radius 3 is 1.17 bits per heavy atom. The fraction of sp³-hybridized carbons (Fsp3) is 0. The van der Waals surface area contributed by atoms with Gasteiger partial charge in [-0.3, -0.25) is 0 Å². The molecule has 0 atom stereocenters. The number of hydrogen-bond acceptors (Lipinski definition) is 0. The van der Waals surface area contributed by atoms with Gasteiger partial charge in [0.05, 0.1) is 0 Å². The minimum atomic E-state index is 0. The van der Waals surface area contributed by atoms with E-state index < -0.39 is 0 Å². The van der Waals surface area contributed by atoms with Crippen LogP contribution in [0.3, 0.4) is 0 Å². The van der Waals surface area contributed by atoms with Crippen LogP contribution in [0.1, 0.15) is 5.56 Å². The van der Waals surface area contributed by atoms with E-state index in [2.05, 4.69) is 6.92 Å². The first kappa shape index (κ1) is 16.5. The molecule has 0 bridgehead atoms. The summed E-state index contributed by atoms with van der Waals surface area (Å²) in [5.74, 6) is 0. The third-order valence-corrected chi connectivity index (χ3v) is 1.95. The van der Waals surface area contributed by atoms with Crippen LogP contribution < -0.4 is 0 Å². The van der Waals surface area contributed by atoms with E-state index in [0.717, 1.165) is 5.56 Å². The van der Waals surface area contributed by atoms with Crippen LogP contribution >= 0.6 is 0 Å². The van der Waals surface area contributed by atoms with Crippen molar-refractivity contribution in [3.8, 4) is 0 Å². The van der Waals surface area contributed by atoms with Crippen LogP contribution in [0.15, 0.2) is 91.0 Å². The van der Waals surface area contributed by atoms with Gasteiger partial charge >= 0.3 is 21.7 Å². The summed E-state index contributed by atoms with van der Waals surface area (Å²) in [6.45, 7) is 3.72. The second-order valence-corrected chi connectivity index (χ2v) is 3.41. The quantitative estimate of drug-likeness (QED) is 0.410. The Morgan fingerprint density at radius 2 is 1.00 bits per heavy atom. The van der Waals surface area contributed by atoms with Crippen LogP contribution in [-0.4, -0.2) is 0 Å². The van der Waals surface area contributed by atoms with Gasteiger partial charge in [0.2, 0.25) is 0 Å². The van der Waals surface area contributed by atoms with Crippen molar-refractivity contribution in [1.29, 1.82) is 0 Å². The van der Waals surface area contributed by atoms with Crippen molar-refractivity contribution < 1.29 is 21.7 Å². The third-order valence-electron chi connectivity index (χ3n) is 1.95. The van der Waals surface area contributed by atoms with Crippen LogP contribution in [0.4, 0.5) is 0 Å². The van der Waals surface area contributed by atoms with Crippen molar-refractivity contribution in [2.24, 2.45) is 0 Å². The SMILES string of the molecule is [CH2-]c1ccccc1.[Ti+3].c1cc[cH-]c1.c1cc[cH-]c1. The first-order valence-electron chi connectivity index (χ1n) is 5.60. The molecular formula is C17H17Ti. The predicted molar refractivity (Wildman–Crippen MR) is 75.0 cm³/mol. The molecule has 0 saturated heterocycles. The molecule has 0 fully saturated rings. The molecule has 0 heterocycles. The molecule has 0 unspecified atom stereocenters. The topological polar surface area (TPSA) is 0 Å². The Kier molecular flexibility index (Phi) is 11.0. The Bertz CT molecular complexity index is 363. The van der Waals surface area contributed by atoms with Crippen molar-refractivity contribution in [3.05, 3.63) is 103 Å². The molecule has 0 aliphatic rings. The number of rotatable bonds is 0. The third kappa shape index (κ3) is 9.71. The van der Waals surface area contributed by atoms with Crippen molar-refractivity contribution in [1.82, 2.24) is 0 Å². The summed E-state index contributed by atoms with van der Waals surface area (Å²) < 4.78 is 0. The summed E-state index contributed by atoms with van der Waals surface area (Å²) in [6, 6.07) is 29.9. The molecule has 0 aromatic heterocycles. The first-order valence-corrected chi connectivity index (χ1v) is 5.60. The Morgan fingerprint density at radius 1 is 0.611 bits per heavy atom. The van der Waals surface area contributed by atoms with Crippen LogP contribution in [0.5, 0.6) is 0 Å². The summed E-state index contributed by atoms with van der Waals surface area (Å²) in [5, 5.41) is 0. The monoisotopic (exact) mass is 269 g/mol. The second-order valence-electron chi connectivity index (χ2n) is 3.41. The summed E-state index contributed by atoms with van der Waals surface area (Å²) in [7, 11) is 0. The fourth-order valence-electron chi connectivity index (χ4n) is 1.12. The normalized spacial score (nSPS) is 7.78. The minimum absolute atomic E-state index is 0. The zero-order valence-electron chi connectivity index (χ0n) is 10.4. The van der Waals surface area contributed by atoms with Crippen molar-refractivity contribution >= 4 is 0 Å². The summed E-state index contributed by atoms with van der Waals surface area (Å²) >= 11 is 0. The van der Waals surface area contributed by atoms with Gasteiger partial charge < -0.3 is 0 Å². The minimum Gasteiger partial charge on any atom is -0.214 e. The maximum atomic E-state index is 3.72. The molecule has 0 spiro atoms. The molecule has 1 radical (unpaired) electrons. The van der Waals surface area contributed by atoms with E-state index in [1.54, 1.807) is 0 Å². The van der Waals surface area contributed by atoms with Crippen molar-refractivity contribution in [2.45, 2.75) is 0 Å². The van der Waals surface area contributed by atoms with E-state index in [-0.39, 0.29) is 21.7 Å². The Hall–Kier alpha value is -1.50. The Balaban J connectivity index is 0.000000239. The van der Waals surface area contributed by atoms with Crippen LogP contribution in [0.25, 0.3) is 0 Å². The molecule has 18 heavy (non-hydrogen) atoms. The van der Waals surface area contributed by atoms with Crippen LogP contribution in [0.2, 0.25) is 0 Å². The van der Waals surface area contributed by atoms with Crippen molar-refractivity contribution in [3.63, 3.8) is 0 Å². The molecule has 0 N–H and O–H groups in total. The summed E-state index contributed by atoms with van der Waals surface area (Å²) in [5.41, 5.74) is 1.07. The predicted octanol–water partition coefficient (Wildman–Crippen LogP) is 4.68. The molecule has 3 aromatic carbocycles. The van der Waals surface area contributed by atoms with E-state index >= 15 is 0 Å². The maximum absolute atomic E-state index is 3.72. The van der Waals surface area contributed by atoms with E-state index in [0.29, 0.717) is 0 Å². The fourth-order valence-corrected chi connectivity index (χ4v) is 1.12. The van der Waals surface area contributed by atoms with Gasteiger partial charge in [-0.1, -0.05) is 6.07 Å². The van der Waals surface area contributed by atoms with Crippen molar-refractivity contribution in [2.75, 3.05) is 0 Å². The van der Waals surface area contributed by atoms with Crippen LogP contribution in [-0.2, 0) is 21.7 Å². The molecule has 1 heteroatoms. The largest absolute Gasteiger partial charge is 3.00 e. The number of benzene rings is 1. The zero-order chi connectivity index (χ0) is 12.2. The van der Waals surface area contributed by atoms with Gasteiger partial charge in [-0.25, -0.2) is 24.3 Å². The number of hydrogen-bond donors (Lipinski definition) is 0. The second kappa shape index (κ2) is 12.0. The van der Waals surface area contributed by atoms with E-state index in [4.69, 9.17) is 0 Å². The van der Waals surface area contributed by atoms with E-state index in [9.17, 15) is 0 Å². The summed E-state index contributed by atoms with van der Waals surface area (Å²) in [4.78, 5) is 0. The van der Waals surface area contributed by atoms with Gasteiger partial charge in [0.1, 0.15) is 0 Å². The molecule has 0 saturated carbocycles. The average Bonchev–Trinajstić information content (AvgIpc) is 3.09. The molecule has 0 nitrogen and oxygen atoms in total. The van der Waals surface area contributed by atoms with Gasteiger partial charge in [-0.2, -0.15) is 61.0 Å². The van der Waals surface area contributed by atoms with E-state index in [1.165, 1.54) is 0 Å². The van der Waals surface area contributed by atoms with Gasteiger partial charge in [-0.15, -0.1) is 12.1 Å². The average molecular weight is 269 g/mol. The van der Waals surface area contributed by atoms with Gasteiger partial charge in [0.15, 0.2) is 0 Å². The first-order chi connectivity index (χ1) is 8.39.